The number of rotatable bonds is 5. The van der Waals surface area contributed by atoms with E-state index < -0.39 is 0 Å². The summed E-state index contributed by atoms with van der Waals surface area (Å²) in [5.74, 6) is 0.509. The van der Waals surface area contributed by atoms with Crippen molar-refractivity contribution in [2.24, 2.45) is 0 Å². The summed E-state index contributed by atoms with van der Waals surface area (Å²) in [6.45, 7) is 4.09. The lowest BCUT2D eigenvalue weighted by atomic mass is 10.0. The van der Waals surface area contributed by atoms with Crippen molar-refractivity contribution in [3.8, 4) is 0 Å². The Labute approximate surface area is 124 Å². The molecule has 104 valence electrons. The van der Waals surface area contributed by atoms with Gasteiger partial charge in [-0.05, 0) is 37.1 Å². The summed E-state index contributed by atoms with van der Waals surface area (Å²) in [7, 11) is 0. The standard InChI is InChI=1S/C17H19NOS/c1-13-8-6-7-11-16(13)14(2)18-17(19)12-20-15-9-4-3-5-10-15/h3-11,14H,12H2,1-2H3,(H,18,19). The lowest BCUT2D eigenvalue weighted by Gasteiger charge is -2.16. The first-order chi connectivity index (χ1) is 9.66. The summed E-state index contributed by atoms with van der Waals surface area (Å²) in [6, 6.07) is 18.2. The monoisotopic (exact) mass is 285 g/mol. The SMILES string of the molecule is Cc1ccccc1C(C)NC(=O)CSc1ccccc1. The number of aryl methyl sites for hydroxylation is 1. The summed E-state index contributed by atoms with van der Waals surface area (Å²) in [5.41, 5.74) is 2.38. The van der Waals surface area contributed by atoms with E-state index in [9.17, 15) is 4.79 Å². The molecule has 1 unspecified atom stereocenters. The molecule has 2 aromatic rings. The lowest BCUT2D eigenvalue weighted by molar-refractivity contribution is -0.119. The molecule has 2 aromatic carbocycles. The molecule has 0 bridgehead atoms. The summed E-state index contributed by atoms with van der Waals surface area (Å²) in [5, 5.41) is 3.05. The molecule has 0 aliphatic heterocycles. The van der Waals surface area contributed by atoms with E-state index in [-0.39, 0.29) is 11.9 Å². The minimum Gasteiger partial charge on any atom is -0.349 e. The number of carbonyl (C=O) groups is 1. The second kappa shape index (κ2) is 7.15. The quantitative estimate of drug-likeness (QED) is 0.842. The summed E-state index contributed by atoms with van der Waals surface area (Å²) >= 11 is 1.56. The van der Waals surface area contributed by atoms with Gasteiger partial charge in [-0.25, -0.2) is 0 Å². The number of thioether (sulfide) groups is 1. The zero-order chi connectivity index (χ0) is 14.4. The molecule has 1 atom stereocenters. The highest BCUT2D eigenvalue weighted by molar-refractivity contribution is 8.00. The van der Waals surface area contributed by atoms with E-state index >= 15 is 0 Å². The van der Waals surface area contributed by atoms with Crippen LogP contribution in [0.25, 0.3) is 0 Å². The minimum absolute atomic E-state index is 0.0417. The summed E-state index contributed by atoms with van der Waals surface area (Å²) in [4.78, 5) is 13.1. The van der Waals surface area contributed by atoms with Crippen molar-refractivity contribution in [2.45, 2.75) is 24.8 Å². The number of carbonyl (C=O) groups excluding carboxylic acids is 1. The van der Waals surface area contributed by atoms with Crippen molar-refractivity contribution in [1.82, 2.24) is 5.32 Å². The third-order valence-electron chi connectivity index (χ3n) is 3.15. The van der Waals surface area contributed by atoms with Gasteiger partial charge in [0.15, 0.2) is 0 Å². The zero-order valence-electron chi connectivity index (χ0n) is 11.8. The van der Waals surface area contributed by atoms with Gasteiger partial charge in [0.05, 0.1) is 11.8 Å². The van der Waals surface area contributed by atoms with Gasteiger partial charge < -0.3 is 5.32 Å². The predicted octanol–water partition coefficient (Wildman–Crippen LogP) is 3.96. The molecule has 0 radical (unpaired) electrons. The molecule has 2 rings (SSSR count). The first-order valence-electron chi connectivity index (χ1n) is 6.69. The van der Waals surface area contributed by atoms with Crippen LogP contribution in [0.5, 0.6) is 0 Å². The number of nitrogens with one attached hydrogen (secondary N) is 1. The number of hydrogen-bond donors (Lipinski definition) is 1. The largest absolute Gasteiger partial charge is 0.349 e. The Kier molecular flexibility index (Phi) is 5.24. The smallest absolute Gasteiger partial charge is 0.230 e. The highest BCUT2D eigenvalue weighted by atomic mass is 32.2. The minimum atomic E-state index is 0.0417. The van der Waals surface area contributed by atoms with Crippen LogP contribution in [0.2, 0.25) is 0 Å². The molecule has 0 aromatic heterocycles. The Balaban J connectivity index is 1.87. The van der Waals surface area contributed by atoms with Crippen LogP contribution in [0.4, 0.5) is 0 Å². The Morgan fingerprint density at radius 3 is 2.45 bits per heavy atom. The molecule has 3 heteroatoms. The fourth-order valence-electron chi connectivity index (χ4n) is 2.10. The zero-order valence-corrected chi connectivity index (χ0v) is 12.6. The number of benzene rings is 2. The maximum absolute atomic E-state index is 12.0. The van der Waals surface area contributed by atoms with Gasteiger partial charge in [0, 0.05) is 4.90 Å². The number of amides is 1. The fraction of sp³-hybridized carbons (Fsp3) is 0.235. The van der Waals surface area contributed by atoms with Crippen molar-refractivity contribution < 1.29 is 4.79 Å². The van der Waals surface area contributed by atoms with Crippen LogP contribution >= 0.6 is 11.8 Å². The molecule has 0 heterocycles. The van der Waals surface area contributed by atoms with Crippen LogP contribution in [0.15, 0.2) is 59.5 Å². The van der Waals surface area contributed by atoms with E-state index in [0.717, 1.165) is 4.90 Å². The molecule has 1 N–H and O–H groups in total. The van der Waals surface area contributed by atoms with Gasteiger partial charge in [0.2, 0.25) is 5.91 Å². The maximum Gasteiger partial charge on any atom is 0.230 e. The molecular formula is C17H19NOS. The molecule has 0 spiro atoms. The molecular weight excluding hydrogens is 266 g/mol. The first kappa shape index (κ1) is 14.7. The maximum atomic E-state index is 12.0. The highest BCUT2D eigenvalue weighted by Crippen LogP contribution is 2.19. The van der Waals surface area contributed by atoms with Crippen LogP contribution in [-0.2, 0) is 4.79 Å². The van der Waals surface area contributed by atoms with E-state index in [2.05, 4.69) is 24.4 Å². The third-order valence-corrected chi connectivity index (χ3v) is 4.16. The van der Waals surface area contributed by atoms with E-state index in [0.29, 0.717) is 5.75 Å². The van der Waals surface area contributed by atoms with E-state index in [4.69, 9.17) is 0 Å². The van der Waals surface area contributed by atoms with Gasteiger partial charge in [-0.3, -0.25) is 4.79 Å². The third kappa shape index (κ3) is 4.14. The van der Waals surface area contributed by atoms with Crippen LogP contribution in [0.3, 0.4) is 0 Å². The molecule has 0 saturated heterocycles. The van der Waals surface area contributed by atoms with Crippen molar-refractivity contribution in [3.05, 3.63) is 65.7 Å². The van der Waals surface area contributed by atoms with Gasteiger partial charge in [-0.15, -0.1) is 11.8 Å². The van der Waals surface area contributed by atoms with Gasteiger partial charge >= 0.3 is 0 Å². The Hall–Kier alpha value is -1.74. The molecule has 1 amide bonds. The van der Waals surface area contributed by atoms with Gasteiger partial charge in [-0.1, -0.05) is 42.5 Å². The Morgan fingerprint density at radius 1 is 1.10 bits per heavy atom. The fourth-order valence-corrected chi connectivity index (χ4v) is 2.83. The Morgan fingerprint density at radius 2 is 1.75 bits per heavy atom. The van der Waals surface area contributed by atoms with Crippen molar-refractivity contribution in [3.63, 3.8) is 0 Å². The first-order valence-corrected chi connectivity index (χ1v) is 7.68. The molecule has 20 heavy (non-hydrogen) atoms. The number of hydrogen-bond acceptors (Lipinski definition) is 2. The van der Waals surface area contributed by atoms with Crippen LogP contribution in [0.1, 0.15) is 24.1 Å². The van der Waals surface area contributed by atoms with Crippen molar-refractivity contribution in [2.75, 3.05) is 5.75 Å². The lowest BCUT2D eigenvalue weighted by Crippen LogP contribution is -2.28. The highest BCUT2D eigenvalue weighted by Gasteiger charge is 2.11. The van der Waals surface area contributed by atoms with Gasteiger partial charge in [0.25, 0.3) is 0 Å². The second-order valence-electron chi connectivity index (χ2n) is 4.75. The van der Waals surface area contributed by atoms with Crippen LogP contribution < -0.4 is 5.32 Å². The molecule has 0 aliphatic rings. The van der Waals surface area contributed by atoms with Gasteiger partial charge in [-0.2, -0.15) is 0 Å². The van der Waals surface area contributed by atoms with Crippen molar-refractivity contribution >= 4 is 17.7 Å². The summed E-state index contributed by atoms with van der Waals surface area (Å²) < 4.78 is 0. The van der Waals surface area contributed by atoms with E-state index in [1.165, 1.54) is 11.1 Å². The van der Waals surface area contributed by atoms with E-state index in [1.807, 2.05) is 49.4 Å². The molecule has 0 aliphatic carbocycles. The molecule has 0 fully saturated rings. The average molecular weight is 285 g/mol. The van der Waals surface area contributed by atoms with Crippen LogP contribution in [0, 0.1) is 6.92 Å². The average Bonchev–Trinajstić information content (AvgIpc) is 2.46. The van der Waals surface area contributed by atoms with Crippen molar-refractivity contribution in [1.29, 1.82) is 0 Å². The molecule has 0 saturated carbocycles. The van der Waals surface area contributed by atoms with Gasteiger partial charge in [0.1, 0.15) is 0 Å². The normalized spacial score (nSPS) is 11.9. The van der Waals surface area contributed by atoms with Crippen LogP contribution in [-0.4, -0.2) is 11.7 Å². The van der Waals surface area contributed by atoms with E-state index in [1.54, 1.807) is 11.8 Å². The molecule has 2 nitrogen and oxygen atoms in total. The summed E-state index contributed by atoms with van der Waals surface area (Å²) in [6.07, 6.45) is 0. The second-order valence-corrected chi connectivity index (χ2v) is 5.80. The predicted molar refractivity (Wildman–Crippen MR) is 84.9 cm³/mol. The topological polar surface area (TPSA) is 29.1 Å². The Bertz CT molecular complexity index is 568.